The second-order valence-electron chi connectivity index (χ2n) is 4.20. The van der Waals surface area contributed by atoms with Gasteiger partial charge in [0.25, 0.3) is 5.91 Å². The highest BCUT2D eigenvalue weighted by Crippen LogP contribution is 2.15. The smallest absolute Gasteiger partial charge is 0.258 e. The number of nitrogens with zero attached hydrogens (tertiary/aromatic N) is 1. The largest absolute Gasteiger partial charge is 0.484 e. The Kier molecular flexibility index (Phi) is 4.47. The van der Waals surface area contributed by atoms with Gasteiger partial charge in [0.2, 0.25) is 0 Å². The number of rotatable bonds is 5. The SMILES string of the molecule is Cn1ccc(CNC(=O)COc2ccc(Cl)cc2)c1. The molecule has 2 rings (SSSR count). The van der Waals surface area contributed by atoms with Crippen molar-refractivity contribution < 1.29 is 9.53 Å². The zero-order valence-electron chi connectivity index (χ0n) is 10.6. The van der Waals surface area contributed by atoms with Crippen molar-refractivity contribution >= 4 is 17.5 Å². The fourth-order valence-electron chi connectivity index (χ4n) is 1.60. The van der Waals surface area contributed by atoms with Crippen molar-refractivity contribution in [3.63, 3.8) is 0 Å². The van der Waals surface area contributed by atoms with Crippen LogP contribution >= 0.6 is 11.6 Å². The quantitative estimate of drug-likeness (QED) is 0.912. The van der Waals surface area contributed by atoms with Crippen LogP contribution in [0.25, 0.3) is 0 Å². The molecule has 1 aromatic carbocycles. The van der Waals surface area contributed by atoms with Gasteiger partial charge in [-0.2, -0.15) is 0 Å². The first-order valence-electron chi connectivity index (χ1n) is 5.89. The molecule has 0 aliphatic carbocycles. The molecule has 0 saturated heterocycles. The van der Waals surface area contributed by atoms with Crippen LogP contribution in [0, 0.1) is 0 Å². The summed E-state index contributed by atoms with van der Waals surface area (Å²) in [6.07, 6.45) is 3.89. The van der Waals surface area contributed by atoms with Gasteiger partial charge in [0, 0.05) is 31.0 Å². The summed E-state index contributed by atoms with van der Waals surface area (Å²) in [5, 5.41) is 3.43. The fourth-order valence-corrected chi connectivity index (χ4v) is 1.72. The van der Waals surface area contributed by atoms with Gasteiger partial charge in [0.1, 0.15) is 5.75 Å². The minimum absolute atomic E-state index is 0.00549. The van der Waals surface area contributed by atoms with Crippen LogP contribution in [0.15, 0.2) is 42.7 Å². The Balaban J connectivity index is 1.74. The molecule has 4 nitrogen and oxygen atoms in total. The number of benzene rings is 1. The van der Waals surface area contributed by atoms with Crippen LogP contribution in [0.5, 0.6) is 5.75 Å². The molecule has 0 spiro atoms. The number of ether oxygens (including phenoxy) is 1. The van der Waals surface area contributed by atoms with E-state index >= 15 is 0 Å². The molecule has 0 radical (unpaired) electrons. The number of halogens is 1. The summed E-state index contributed by atoms with van der Waals surface area (Å²) in [6.45, 7) is 0.498. The molecular weight excluding hydrogens is 264 g/mol. The monoisotopic (exact) mass is 278 g/mol. The number of carbonyl (C=O) groups is 1. The van der Waals surface area contributed by atoms with E-state index < -0.39 is 0 Å². The lowest BCUT2D eigenvalue weighted by atomic mass is 10.3. The van der Waals surface area contributed by atoms with E-state index in [1.165, 1.54) is 0 Å². The van der Waals surface area contributed by atoms with E-state index in [4.69, 9.17) is 16.3 Å². The van der Waals surface area contributed by atoms with E-state index in [-0.39, 0.29) is 12.5 Å². The van der Waals surface area contributed by atoms with Gasteiger partial charge in [-0.05, 0) is 35.9 Å². The minimum atomic E-state index is -0.154. The predicted molar refractivity (Wildman–Crippen MR) is 74.2 cm³/mol. The molecule has 1 N–H and O–H groups in total. The van der Waals surface area contributed by atoms with Crippen molar-refractivity contribution in [1.82, 2.24) is 9.88 Å². The van der Waals surface area contributed by atoms with Crippen molar-refractivity contribution in [2.75, 3.05) is 6.61 Å². The van der Waals surface area contributed by atoms with Crippen LogP contribution in [0.2, 0.25) is 5.02 Å². The average Bonchev–Trinajstić information content (AvgIpc) is 2.81. The maximum absolute atomic E-state index is 11.6. The van der Waals surface area contributed by atoms with E-state index in [0.717, 1.165) is 5.56 Å². The summed E-state index contributed by atoms with van der Waals surface area (Å²) < 4.78 is 7.28. The molecule has 0 atom stereocenters. The zero-order chi connectivity index (χ0) is 13.7. The first-order valence-corrected chi connectivity index (χ1v) is 6.27. The van der Waals surface area contributed by atoms with Gasteiger partial charge in [-0.1, -0.05) is 11.6 Å². The second-order valence-corrected chi connectivity index (χ2v) is 4.64. The Bertz CT molecular complexity index is 549. The molecule has 1 aromatic heterocycles. The van der Waals surface area contributed by atoms with Crippen LogP contribution in [0.1, 0.15) is 5.56 Å². The summed E-state index contributed by atoms with van der Waals surface area (Å²) in [5.41, 5.74) is 1.06. The van der Waals surface area contributed by atoms with E-state index in [1.807, 2.05) is 30.1 Å². The van der Waals surface area contributed by atoms with Crippen molar-refractivity contribution in [1.29, 1.82) is 0 Å². The highest BCUT2D eigenvalue weighted by molar-refractivity contribution is 6.30. The van der Waals surface area contributed by atoms with Crippen molar-refractivity contribution in [2.45, 2.75) is 6.54 Å². The second kappa shape index (κ2) is 6.29. The van der Waals surface area contributed by atoms with Gasteiger partial charge >= 0.3 is 0 Å². The molecule has 1 amide bonds. The average molecular weight is 279 g/mol. The molecule has 0 fully saturated rings. The molecule has 1 heterocycles. The van der Waals surface area contributed by atoms with E-state index in [2.05, 4.69) is 5.32 Å². The lowest BCUT2D eigenvalue weighted by Crippen LogP contribution is -2.28. The van der Waals surface area contributed by atoms with Gasteiger partial charge in [0.05, 0.1) is 0 Å². The Morgan fingerprint density at radius 2 is 2.05 bits per heavy atom. The van der Waals surface area contributed by atoms with Crippen LogP contribution in [0.4, 0.5) is 0 Å². The summed E-state index contributed by atoms with van der Waals surface area (Å²) in [5.74, 6) is 0.470. The van der Waals surface area contributed by atoms with E-state index in [1.54, 1.807) is 24.3 Å². The highest BCUT2D eigenvalue weighted by atomic mass is 35.5. The molecule has 0 saturated carbocycles. The molecule has 0 aliphatic rings. The fraction of sp³-hybridized carbons (Fsp3) is 0.214. The maximum Gasteiger partial charge on any atom is 0.258 e. The van der Waals surface area contributed by atoms with Crippen LogP contribution < -0.4 is 10.1 Å². The lowest BCUT2D eigenvalue weighted by Gasteiger charge is -2.06. The summed E-state index contributed by atoms with van der Waals surface area (Å²) in [7, 11) is 1.94. The Morgan fingerprint density at radius 1 is 1.32 bits per heavy atom. The molecule has 0 aliphatic heterocycles. The number of nitrogens with one attached hydrogen (secondary N) is 1. The molecule has 0 bridgehead atoms. The normalized spacial score (nSPS) is 10.2. The van der Waals surface area contributed by atoms with Gasteiger partial charge in [-0.25, -0.2) is 0 Å². The Morgan fingerprint density at radius 3 is 2.68 bits per heavy atom. The first-order chi connectivity index (χ1) is 9.13. The Hall–Kier alpha value is -1.94. The summed E-state index contributed by atoms with van der Waals surface area (Å²) >= 11 is 5.76. The van der Waals surface area contributed by atoms with Gasteiger partial charge in [-0.15, -0.1) is 0 Å². The summed E-state index contributed by atoms with van der Waals surface area (Å²) in [4.78, 5) is 11.6. The number of aryl methyl sites for hydroxylation is 1. The lowest BCUT2D eigenvalue weighted by molar-refractivity contribution is -0.123. The molecule has 0 unspecified atom stereocenters. The third kappa shape index (κ3) is 4.34. The third-order valence-electron chi connectivity index (χ3n) is 2.57. The topological polar surface area (TPSA) is 43.3 Å². The van der Waals surface area contributed by atoms with Gasteiger partial charge < -0.3 is 14.6 Å². The van der Waals surface area contributed by atoms with Gasteiger partial charge in [0.15, 0.2) is 6.61 Å². The van der Waals surface area contributed by atoms with Crippen LogP contribution in [-0.2, 0) is 18.4 Å². The number of hydrogen-bond donors (Lipinski definition) is 1. The Labute approximate surface area is 116 Å². The molecule has 2 aromatic rings. The van der Waals surface area contributed by atoms with Crippen molar-refractivity contribution in [3.05, 3.63) is 53.3 Å². The van der Waals surface area contributed by atoms with Gasteiger partial charge in [-0.3, -0.25) is 4.79 Å². The van der Waals surface area contributed by atoms with E-state index in [0.29, 0.717) is 17.3 Å². The van der Waals surface area contributed by atoms with Crippen LogP contribution in [-0.4, -0.2) is 17.1 Å². The third-order valence-corrected chi connectivity index (χ3v) is 2.82. The van der Waals surface area contributed by atoms with E-state index in [9.17, 15) is 4.79 Å². The number of carbonyl (C=O) groups excluding carboxylic acids is 1. The first kappa shape index (κ1) is 13.5. The predicted octanol–water partition coefficient (Wildman–Crippen LogP) is 2.37. The highest BCUT2D eigenvalue weighted by Gasteiger charge is 2.03. The molecule has 100 valence electrons. The molecular formula is C14H15ClN2O2. The number of hydrogen-bond acceptors (Lipinski definition) is 2. The number of aromatic nitrogens is 1. The minimum Gasteiger partial charge on any atom is -0.484 e. The molecule has 5 heteroatoms. The molecule has 19 heavy (non-hydrogen) atoms. The van der Waals surface area contributed by atoms with Crippen LogP contribution in [0.3, 0.4) is 0 Å². The number of amides is 1. The summed E-state index contributed by atoms with van der Waals surface area (Å²) in [6, 6.07) is 8.86. The standard InChI is InChI=1S/C14H15ClN2O2/c1-17-7-6-11(9-17)8-16-14(18)10-19-13-4-2-12(15)3-5-13/h2-7,9H,8,10H2,1H3,(H,16,18). The van der Waals surface area contributed by atoms with Crippen molar-refractivity contribution in [2.24, 2.45) is 7.05 Å². The zero-order valence-corrected chi connectivity index (χ0v) is 11.4. The van der Waals surface area contributed by atoms with Crippen molar-refractivity contribution in [3.8, 4) is 5.75 Å². The maximum atomic E-state index is 11.6.